The Morgan fingerprint density at radius 2 is 1.88 bits per heavy atom. The van der Waals surface area contributed by atoms with Crippen molar-refractivity contribution in [3.63, 3.8) is 0 Å². The summed E-state index contributed by atoms with van der Waals surface area (Å²) in [6, 6.07) is 12.9. The van der Waals surface area contributed by atoms with Gasteiger partial charge in [-0.2, -0.15) is 18.2 Å². The van der Waals surface area contributed by atoms with Crippen molar-refractivity contribution in [2.45, 2.75) is 32.8 Å². The van der Waals surface area contributed by atoms with Gasteiger partial charge in [0.2, 0.25) is 0 Å². The fraction of sp³-hybridized carbons (Fsp3) is 0.450. The molecule has 0 spiro atoms. The molecule has 1 aliphatic heterocycles. The molecule has 0 N–H and O–H groups in total. The Balaban J connectivity index is 0.00000225. The maximum Gasteiger partial charge on any atom is 0.178 e. The molecule has 0 saturated carbocycles. The molecule has 1 fully saturated rings. The smallest absolute Gasteiger partial charge is 0.178 e. The molecule has 0 amide bonds. The van der Waals surface area contributed by atoms with Crippen LogP contribution in [0.15, 0.2) is 30.3 Å². The molecular weight excluding hydrogens is 484 g/mol. The van der Waals surface area contributed by atoms with Crippen molar-refractivity contribution < 1.29 is 30.6 Å². The molecule has 0 aliphatic carbocycles. The number of methoxy groups -OCH3 is 1. The number of aromatic nitrogens is 1. The van der Waals surface area contributed by atoms with Crippen molar-refractivity contribution in [3.8, 4) is 5.69 Å². The predicted octanol–water partition coefficient (Wildman–Crippen LogP) is 3.19. The third-order valence-electron chi connectivity index (χ3n) is 4.93. The fourth-order valence-electron chi connectivity index (χ4n) is 3.56. The average molecular weight is 509 g/mol. The molecule has 0 atom stereocenters. The first kappa shape index (κ1) is 20.1. The summed E-state index contributed by atoms with van der Waals surface area (Å²) in [5.74, 6) is 0.202. The van der Waals surface area contributed by atoms with Crippen molar-refractivity contribution in [3.05, 3.63) is 53.3 Å². The fourth-order valence-corrected chi connectivity index (χ4v) is 3.56. The van der Waals surface area contributed by atoms with Gasteiger partial charge in [0.05, 0.1) is 12.6 Å². The first-order chi connectivity index (χ1) is 11.6. The molecule has 1 aromatic heterocycles. The summed E-state index contributed by atoms with van der Waals surface area (Å²) in [5.41, 5.74) is 3.99. The second-order valence-corrected chi connectivity index (χ2v) is 6.51. The van der Waals surface area contributed by atoms with Crippen LogP contribution >= 0.6 is 0 Å². The third kappa shape index (κ3) is 4.49. The van der Waals surface area contributed by atoms with Crippen LogP contribution in [0.3, 0.4) is 0 Å². The van der Waals surface area contributed by atoms with Gasteiger partial charge >= 0.3 is 0 Å². The Morgan fingerprint density at radius 3 is 2.48 bits per heavy atom. The summed E-state index contributed by atoms with van der Waals surface area (Å²) < 4.78 is 7.54. The summed E-state index contributed by atoms with van der Waals surface area (Å²) in [7, 11) is 1.77. The zero-order chi connectivity index (χ0) is 17.1. The number of nitrogens with zero attached hydrogens (tertiary/aromatic N) is 2. The number of piperidine rings is 1. The zero-order valence-corrected chi connectivity index (χ0v) is 18.1. The molecule has 134 valence electrons. The number of aryl methyl sites for hydroxylation is 1. The Kier molecular flexibility index (Phi) is 7.18. The molecule has 2 heterocycles. The van der Waals surface area contributed by atoms with Crippen molar-refractivity contribution in [2.24, 2.45) is 0 Å². The number of ketones is 1. The van der Waals surface area contributed by atoms with Gasteiger partial charge in [-0.05, 0) is 32.8 Å². The summed E-state index contributed by atoms with van der Waals surface area (Å²) in [4.78, 5) is 15.0. The number of Topliss-reactive ketones (excluding diaryl/α,β-unsaturated/α-hetero) is 1. The number of rotatable bonds is 5. The van der Waals surface area contributed by atoms with Crippen LogP contribution in [0.1, 0.15) is 34.6 Å². The van der Waals surface area contributed by atoms with E-state index in [0.717, 1.165) is 48.6 Å². The number of hydrogen-bond donors (Lipinski definition) is 0. The maximum atomic E-state index is 12.8. The molecule has 1 aromatic carbocycles. The van der Waals surface area contributed by atoms with E-state index >= 15 is 0 Å². The molecule has 3 rings (SSSR count). The van der Waals surface area contributed by atoms with E-state index in [2.05, 4.69) is 15.5 Å². The van der Waals surface area contributed by atoms with Gasteiger partial charge in [-0.1, -0.05) is 5.69 Å². The maximum absolute atomic E-state index is 12.8. The number of likely N-dealkylation sites (tertiary alicyclic amines) is 1. The number of hydrogen-bond acceptors (Lipinski definition) is 3. The first-order valence-electron chi connectivity index (χ1n) is 8.54. The quantitative estimate of drug-likeness (QED) is 0.459. The van der Waals surface area contributed by atoms with Crippen LogP contribution < -0.4 is 0 Å². The molecule has 4 nitrogen and oxygen atoms in total. The van der Waals surface area contributed by atoms with Gasteiger partial charge in [0.15, 0.2) is 5.78 Å². The summed E-state index contributed by atoms with van der Waals surface area (Å²) in [6.45, 7) is 6.41. The zero-order valence-electron chi connectivity index (χ0n) is 15.1. The minimum atomic E-state index is 0. The van der Waals surface area contributed by atoms with Crippen molar-refractivity contribution in [2.75, 3.05) is 26.7 Å². The topological polar surface area (TPSA) is 34.5 Å². The third-order valence-corrected chi connectivity index (χ3v) is 4.93. The normalized spacial score (nSPS) is 15.8. The Bertz CT molecular complexity index is 704. The second kappa shape index (κ2) is 8.93. The van der Waals surface area contributed by atoms with Crippen molar-refractivity contribution >= 4 is 5.78 Å². The van der Waals surface area contributed by atoms with Gasteiger partial charge < -0.3 is 9.30 Å². The van der Waals surface area contributed by atoms with E-state index in [4.69, 9.17) is 4.74 Å². The van der Waals surface area contributed by atoms with E-state index < -0.39 is 0 Å². The van der Waals surface area contributed by atoms with Gasteiger partial charge in [-0.25, -0.2) is 0 Å². The standard InChI is InChI=1S/C20H25N2O2.W/c1-15-13-19(16(2)22(15)17-7-5-4-6-8-17)20(23)14-21-11-9-18(24-3)10-12-21;/h5-8,13,18H,9-12,14H2,1-3H3;/q-1;. The number of ether oxygens (including phenoxy) is 1. The molecule has 5 heteroatoms. The average Bonchev–Trinajstić information content (AvgIpc) is 2.91. The van der Waals surface area contributed by atoms with Gasteiger partial charge in [-0.3, -0.25) is 9.69 Å². The van der Waals surface area contributed by atoms with Crippen LogP contribution in [-0.4, -0.2) is 48.1 Å². The predicted molar refractivity (Wildman–Crippen MR) is 94.9 cm³/mol. The van der Waals surface area contributed by atoms with E-state index in [0.29, 0.717) is 12.6 Å². The summed E-state index contributed by atoms with van der Waals surface area (Å²) in [5, 5.41) is 0. The van der Waals surface area contributed by atoms with Crippen molar-refractivity contribution in [1.29, 1.82) is 0 Å². The number of benzene rings is 1. The molecule has 1 saturated heterocycles. The molecular formula is C20H25N2O2W-. The Morgan fingerprint density at radius 1 is 1.24 bits per heavy atom. The van der Waals surface area contributed by atoms with Crippen molar-refractivity contribution in [1.82, 2.24) is 9.47 Å². The molecule has 25 heavy (non-hydrogen) atoms. The van der Waals surface area contributed by atoms with E-state index in [1.807, 2.05) is 44.2 Å². The van der Waals surface area contributed by atoms with Crippen LogP contribution in [0.4, 0.5) is 0 Å². The molecule has 2 aromatic rings. The molecule has 1 aliphatic rings. The largest absolute Gasteiger partial charge is 0.381 e. The molecule has 0 unspecified atom stereocenters. The number of carbonyl (C=O) groups is 1. The van der Waals surface area contributed by atoms with E-state index in [-0.39, 0.29) is 26.8 Å². The monoisotopic (exact) mass is 509 g/mol. The Labute approximate surface area is 164 Å². The molecule has 0 bridgehead atoms. The molecule has 0 radical (unpaired) electrons. The second-order valence-electron chi connectivity index (χ2n) is 6.51. The van der Waals surface area contributed by atoms with Crippen LogP contribution in [0.25, 0.3) is 5.69 Å². The summed E-state index contributed by atoms with van der Waals surface area (Å²) >= 11 is 0. The van der Waals surface area contributed by atoms with Gasteiger partial charge in [0.1, 0.15) is 0 Å². The SMILES string of the molecule is COC1CCN(CC(=O)c2cc(C)n(-c3cc[c-]cc3)c2C)CC1.[W]. The Hall–Kier alpha value is -1.22. The van der Waals surface area contributed by atoms with Gasteiger partial charge in [0, 0.05) is 58.2 Å². The van der Waals surface area contributed by atoms with E-state index in [1.54, 1.807) is 7.11 Å². The number of carbonyl (C=O) groups excluding carboxylic acids is 1. The summed E-state index contributed by atoms with van der Waals surface area (Å²) in [6.07, 6.45) is 2.35. The van der Waals surface area contributed by atoms with E-state index in [1.165, 1.54) is 0 Å². The van der Waals surface area contributed by atoms with Gasteiger partial charge in [-0.15, -0.1) is 12.1 Å². The van der Waals surface area contributed by atoms with E-state index in [9.17, 15) is 4.79 Å². The van der Waals surface area contributed by atoms with Crippen LogP contribution in [0.5, 0.6) is 0 Å². The minimum absolute atomic E-state index is 0. The van der Waals surface area contributed by atoms with Crippen LogP contribution in [0.2, 0.25) is 0 Å². The van der Waals surface area contributed by atoms with Crippen LogP contribution in [-0.2, 0) is 25.8 Å². The minimum Gasteiger partial charge on any atom is -0.381 e. The van der Waals surface area contributed by atoms with Crippen LogP contribution in [0, 0.1) is 19.9 Å². The van der Waals surface area contributed by atoms with Gasteiger partial charge in [0.25, 0.3) is 0 Å². The first-order valence-corrected chi connectivity index (χ1v) is 8.54.